The SMILES string of the molecule is CC[C@]12C=CCN3CC[C@@]4(C(=C(C(=O)OC)C1)Nc1ccccc14)[C@@H]32. The molecule has 0 amide bonds. The van der Waals surface area contributed by atoms with Crippen LogP contribution in [0.25, 0.3) is 0 Å². The topological polar surface area (TPSA) is 41.6 Å². The Hall–Kier alpha value is -2.07. The molecule has 1 aromatic rings. The fourth-order valence-electron chi connectivity index (χ4n) is 6.02. The second-order valence-electron chi connectivity index (χ2n) is 7.80. The van der Waals surface area contributed by atoms with Crippen LogP contribution in [-0.4, -0.2) is 37.1 Å². The van der Waals surface area contributed by atoms with Crippen LogP contribution >= 0.6 is 0 Å². The van der Waals surface area contributed by atoms with E-state index in [-0.39, 0.29) is 16.8 Å². The molecule has 1 spiro atoms. The van der Waals surface area contributed by atoms with Crippen LogP contribution in [0, 0.1) is 5.41 Å². The zero-order valence-corrected chi connectivity index (χ0v) is 14.8. The summed E-state index contributed by atoms with van der Waals surface area (Å²) >= 11 is 0. The fourth-order valence-corrected chi connectivity index (χ4v) is 6.02. The molecule has 0 aromatic heterocycles. The number of fused-ring (bicyclic) bond motifs is 1. The van der Waals surface area contributed by atoms with Gasteiger partial charge < -0.3 is 10.1 Å². The molecular weight excluding hydrogens is 312 g/mol. The summed E-state index contributed by atoms with van der Waals surface area (Å²) in [7, 11) is 1.49. The quantitative estimate of drug-likeness (QED) is 0.665. The molecule has 1 aliphatic carbocycles. The van der Waals surface area contributed by atoms with E-state index < -0.39 is 0 Å². The minimum atomic E-state index is -0.182. The number of carbonyl (C=O) groups is 1. The third-order valence-electron chi connectivity index (χ3n) is 6.97. The number of methoxy groups -OCH3 is 1. The normalized spacial score (nSPS) is 35.0. The van der Waals surface area contributed by atoms with E-state index in [4.69, 9.17) is 4.74 Å². The number of nitrogens with zero attached hydrogens (tertiary/aromatic N) is 1. The maximum atomic E-state index is 12.7. The van der Waals surface area contributed by atoms with Crippen molar-refractivity contribution in [3.63, 3.8) is 0 Å². The second-order valence-corrected chi connectivity index (χ2v) is 7.80. The highest BCUT2D eigenvalue weighted by Gasteiger charge is 2.65. The van der Waals surface area contributed by atoms with E-state index >= 15 is 0 Å². The molecule has 4 nitrogen and oxygen atoms in total. The lowest BCUT2D eigenvalue weighted by atomic mass is 9.55. The summed E-state index contributed by atoms with van der Waals surface area (Å²) in [6.45, 7) is 4.34. The first-order valence-corrected chi connectivity index (χ1v) is 9.26. The van der Waals surface area contributed by atoms with Crippen molar-refractivity contribution in [1.82, 2.24) is 4.90 Å². The van der Waals surface area contributed by atoms with Crippen molar-refractivity contribution in [2.24, 2.45) is 5.41 Å². The molecule has 3 atom stereocenters. The number of rotatable bonds is 2. The summed E-state index contributed by atoms with van der Waals surface area (Å²) in [5, 5.41) is 3.62. The predicted octanol–water partition coefficient (Wildman–Crippen LogP) is 3.22. The van der Waals surface area contributed by atoms with Crippen LogP contribution in [0.1, 0.15) is 31.7 Å². The average Bonchev–Trinajstić information content (AvgIpc) is 3.21. The number of ether oxygens (including phenoxy) is 1. The van der Waals surface area contributed by atoms with Crippen molar-refractivity contribution in [3.8, 4) is 0 Å². The number of para-hydroxylation sites is 1. The Morgan fingerprint density at radius 2 is 2.24 bits per heavy atom. The van der Waals surface area contributed by atoms with Gasteiger partial charge in [-0.2, -0.15) is 0 Å². The first-order valence-electron chi connectivity index (χ1n) is 9.26. The highest BCUT2D eigenvalue weighted by atomic mass is 16.5. The summed E-state index contributed by atoms with van der Waals surface area (Å²) in [4.78, 5) is 15.3. The summed E-state index contributed by atoms with van der Waals surface area (Å²) in [6, 6.07) is 8.99. The molecule has 5 rings (SSSR count). The van der Waals surface area contributed by atoms with Crippen LogP contribution in [0.2, 0.25) is 0 Å². The lowest BCUT2D eigenvalue weighted by molar-refractivity contribution is -0.137. The molecule has 4 heteroatoms. The van der Waals surface area contributed by atoms with Crippen molar-refractivity contribution in [3.05, 3.63) is 53.3 Å². The van der Waals surface area contributed by atoms with E-state index in [0.717, 1.165) is 49.3 Å². The van der Waals surface area contributed by atoms with Gasteiger partial charge in [0.25, 0.3) is 0 Å². The smallest absolute Gasteiger partial charge is 0.335 e. The van der Waals surface area contributed by atoms with Crippen LogP contribution in [0.15, 0.2) is 47.7 Å². The van der Waals surface area contributed by atoms with Gasteiger partial charge in [0.1, 0.15) is 0 Å². The van der Waals surface area contributed by atoms with E-state index in [9.17, 15) is 4.79 Å². The van der Waals surface area contributed by atoms with Crippen LogP contribution in [-0.2, 0) is 14.9 Å². The van der Waals surface area contributed by atoms with Crippen molar-refractivity contribution < 1.29 is 9.53 Å². The van der Waals surface area contributed by atoms with Crippen molar-refractivity contribution in [2.45, 2.75) is 37.6 Å². The van der Waals surface area contributed by atoms with Gasteiger partial charge in [-0.05, 0) is 30.9 Å². The van der Waals surface area contributed by atoms with Crippen LogP contribution in [0.5, 0.6) is 0 Å². The minimum absolute atomic E-state index is 0.000898. The Bertz CT molecular complexity index is 827. The van der Waals surface area contributed by atoms with E-state index in [2.05, 4.69) is 53.6 Å². The lowest BCUT2D eigenvalue weighted by Crippen LogP contribution is -2.58. The highest BCUT2D eigenvalue weighted by Crippen LogP contribution is 2.64. The number of hydrogen-bond donors (Lipinski definition) is 1. The van der Waals surface area contributed by atoms with Gasteiger partial charge in [0.05, 0.1) is 18.1 Å². The van der Waals surface area contributed by atoms with Crippen LogP contribution in [0.3, 0.4) is 0 Å². The number of benzene rings is 1. The first-order chi connectivity index (χ1) is 12.2. The minimum Gasteiger partial charge on any atom is -0.466 e. The number of carbonyl (C=O) groups excluding carboxylic acids is 1. The maximum Gasteiger partial charge on any atom is 0.335 e. The zero-order chi connectivity index (χ0) is 17.2. The Morgan fingerprint density at radius 3 is 3.04 bits per heavy atom. The number of anilines is 1. The summed E-state index contributed by atoms with van der Waals surface area (Å²) in [5.41, 5.74) is 4.34. The predicted molar refractivity (Wildman–Crippen MR) is 97.2 cm³/mol. The van der Waals surface area contributed by atoms with Crippen molar-refractivity contribution in [2.75, 3.05) is 25.5 Å². The molecule has 25 heavy (non-hydrogen) atoms. The van der Waals surface area contributed by atoms with Gasteiger partial charge in [-0.1, -0.05) is 37.3 Å². The molecule has 3 heterocycles. The molecular formula is C21H24N2O2. The van der Waals surface area contributed by atoms with Crippen LogP contribution < -0.4 is 5.32 Å². The van der Waals surface area contributed by atoms with Gasteiger partial charge in [-0.25, -0.2) is 4.79 Å². The van der Waals surface area contributed by atoms with Crippen molar-refractivity contribution in [1.29, 1.82) is 0 Å². The Balaban J connectivity index is 1.83. The third-order valence-corrected chi connectivity index (χ3v) is 6.97. The summed E-state index contributed by atoms with van der Waals surface area (Å²) in [5.74, 6) is -0.182. The summed E-state index contributed by atoms with van der Waals surface area (Å²) in [6.07, 6.45) is 7.53. The molecule has 1 aromatic carbocycles. The second kappa shape index (κ2) is 4.98. The highest BCUT2D eigenvalue weighted by molar-refractivity contribution is 5.93. The average molecular weight is 336 g/mol. The van der Waals surface area contributed by atoms with Gasteiger partial charge in [0.2, 0.25) is 0 Å². The molecule has 4 aliphatic rings. The largest absolute Gasteiger partial charge is 0.466 e. The van der Waals surface area contributed by atoms with Crippen molar-refractivity contribution >= 4 is 11.7 Å². The zero-order valence-electron chi connectivity index (χ0n) is 14.8. The maximum absolute atomic E-state index is 12.7. The molecule has 0 bridgehead atoms. The van der Waals surface area contributed by atoms with E-state index in [1.165, 1.54) is 12.7 Å². The molecule has 130 valence electrons. The van der Waals surface area contributed by atoms with Gasteiger partial charge in [-0.15, -0.1) is 0 Å². The summed E-state index contributed by atoms with van der Waals surface area (Å²) < 4.78 is 5.19. The Kier molecular flexibility index (Phi) is 3.03. The number of hydrogen-bond acceptors (Lipinski definition) is 4. The number of esters is 1. The third kappa shape index (κ3) is 1.68. The monoisotopic (exact) mass is 336 g/mol. The molecule has 0 radical (unpaired) electrons. The Morgan fingerprint density at radius 1 is 1.40 bits per heavy atom. The fraction of sp³-hybridized carbons (Fsp3) is 0.476. The standard InChI is InChI=1S/C21H24N2O2/c1-3-20-9-6-11-23-12-10-21(19(20)23)15-7-4-5-8-16(15)22-17(21)14(13-20)18(24)25-2/h4-9,19,22H,3,10-13H2,1-2H3/t19-,20-,21+/m0/s1. The van der Waals surface area contributed by atoms with Gasteiger partial charge in [0.15, 0.2) is 0 Å². The van der Waals surface area contributed by atoms with Crippen LogP contribution in [0.4, 0.5) is 5.69 Å². The van der Waals surface area contributed by atoms with E-state index in [1.54, 1.807) is 0 Å². The Labute approximate surface area is 148 Å². The molecule has 0 saturated carbocycles. The molecule has 0 unspecified atom stereocenters. The molecule has 1 N–H and O–H groups in total. The lowest BCUT2D eigenvalue weighted by Gasteiger charge is -2.53. The van der Waals surface area contributed by atoms with E-state index in [1.807, 2.05) is 0 Å². The molecule has 1 fully saturated rings. The van der Waals surface area contributed by atoms with Gasteiger partial charge in [-0.3, -0.25) is 4.90 Å². The molecule has 3 aliphatic heterocycles. The van der Waals surface area contributed by atoms with Gasteiger partial charge >= 0.3 is 5.97 Å². The van der Waals surface area contributed by atoms with E-state index in [0.29, 0.717) is 6.04 Å². The molecule has 1 saturated heterocycles. The number of nitrogens with one attached hydrogen (secondary N) is 1. The van der Waals surface area contributed by atoms with Gasteiger partial charge in [0, 0.05) is 35.9 Å². The first kappa shape index (κ1) is 15.2.